The van der Waals surface area contributed by atoms with Gasteiger partial charge in [-0.3, -0.25) is 9.59 Å². The molecule has 1 fully saturated rings. The smallest absolute Gasteiger partial charge is 0.226 e. The molecule has 0 bridgehead atoms. The van der Waals surface area contributed by atoms with Gasteiger partial charge in [0.1, 0.15) is 0 Å². The molecule has 2 unspecified atom stereocenters. The highest BCUT2D eigenvalue weighted by Gasteiger charge is 2.21. The first-order valence-electron chi connectivity index (χ1n) is 8.57. The molecule has 0 radical (unpaired) electrons. The van der Waals surface area contributed by atoms with E-state index in [9.17, 15) is 9.59 Å². The van der Waals surface area contributed by atoms with Crippen LogP contribution >= 0.6 is 28.3 Å². The zero-order chi connectivity index (χ0) is 17.4. The number of nitrogens with one attached hydrogen (secondary N) is 3. The number of benzene rings is 1. The Labute approximate surface area is 164 Å². The number of hydrogen-bond donors (Lipinski definition) is 3. The highest BCUT2D eigenvalue weighted by Crippen LogP contribution is 2.22. The number of halogens is 2. The summed E-state index contributed by atoms with van der Waals surface area (Å²) in [6.07, 6.45) is 3.19. The van der Waals surface area contributed by atoms with Crippen LogP contribution in [0.25, 0.3) is 0 Å². The van der Waals surface area contributed by atoms with Crippen LogP contribution in [0.5, 0.6) is 0 Å². The van der Waals surface area contributed by atoms with Crippen LogP contribution in [-0.4, -0.2) is 31.4 Å². The Morgan fingerprint density at radius 2 is 2.00 bits per heavy atom. The summed E-state index contributed by atoms with van der Waals surface area (Å²) in [5.74, 6) is 0.881. The largest absolute Gasteiger partial charge is 0.356 e. The van der Waals surface area contributed by atoms with Crippen molar-refractivity contribution in [1.82, 2.24) is 10.6 Å². The molecule has 5 nitrogen and oxygen atoms in total. The van der Waals surface area contributed by atoms with Gasteiger partial charge in [0.2, 0.25) is 11.8 Å². The van der Waals surface area contributed by atoms with Crippen LogP contribution in [0, 0.1) is 11.8 Å². The third-order valence-electron chi connectivity index (χ3n) is 4.45. The number of carbonyl (C=O) groups is 2. The highest BCUT2D eigenvalue weighted by molar-refractivity contribution is 9.10. The molecule has 1 aliphatic rings. The van der Waals surface area contributed by atoms with Crippen LogP contribution in [0.1, 0.15) is 32.6 Å². The summed E-state index contributed by atoms with van der Waals surface area (Å²) < 4.78 is 0.968. The number of anilines is 1. The lowest BCUT2D eigenvalue weighted by molar-refractivity contribution is -0.122. The number of rotatable bonds is 7. The maximum atomic E-state index is 12.0. The van der Waals surface area contributed by atoms with Gasteiger partial charge in [-0.25, -0.2) is 0 Å². The van der Waals surface area contributed by atoms with Crippen LogP contribution < -0.4 is 16.0 Å². The fraction of sp³-hybridized carbons (Fsp3) is 0.556. The van der Waals surface area contributed by atoms with Gasteiger partial charge in [0.05, 0.1) is 0 Å². The summed E-state index contributed by atoms with van der Waals surface area (Å²) in [6, 6.07) is 7.42. The summed E-state index contributed by atoms with van der Waals surface area (Å²) in [5, 5.41) is 9.05. The number of hydrogen-bond acceptors (Lipinski definition) is 3. The maximum Gasteiger partial charge on any atom is 0.226 e. The molecule has 25 heavy (non-hydrogen) atoms. The molecule has 1 aromatic rings. The van der Waals surface area contributed by atoms with Crippen LogP contribution in [0.4, 0.5) is 5.69 Å². The standard InChI is InChI=1S/C18H26BrN3O2.ClH/c1-13(14-3-2-9-20-12-14)11-18(24)21-10-8-17(23)22-16-6-4-15(19)5-7-16;/h4-7,13-14,20H,2-3,8-12H2,1H3,(H,21,24)(H,22,23);1H. The van der Waals surface area contributed by atoms with Gasteiger partial charge in [-0.2, -0.15) is 0 Å². The molecule has 3 N–H and O–H groups in total. The molecule has 0 aliphatic carbocycles. The predicted octanol–water partition coefficient (Wildman–Crippen LogP) is 3.34. The van der Waals surface area contributed by atoms with E-state index in [1.807, 2.05) is 24.3 Å². The van der Waals surface area contributed by atoms with Crippen molar-refractivity contribution in [1.29, 1.82) is 0 Å². The van der Waals surface area contributed by atoms with Crippen molar-refractivity contribution in [2.24, 2.45) is 11.8 Å². The lowest BCUT2D eigenvalue weighted by Crippen LogP contribution is -2.36. The Kier molecular flexibility index (Phi) is 10.1. The lowest BCUT2D eigenvalue weighted by Gasteiger charge is -2.28. The van der Waals surface area contributed by atoms with Gasteiger partial charge in [0.25, 0.3) is 0 Å². The molecule has 2 atom stereocenters. The zero-order valence-corrected chi connectivity index (χ0v) is 16.9. The van der Waals surface area contributed by atoms with Crippen LogP contribution in [0.2, 0.25) is 0 Å². The Hall–Kier alpha value is -1.11. The van der Waals surface area contributed by atoms with Crippen molar-refractivity contribution in [2.75, 3.05) is 25.0 Å². The Morgan fingerprint density at radius 3 is 2.64 bits per heavy atom. The van der Waals surface area contributed by atoms with Crippen LogP contribution in [-0.2, 0) is 9.59 Å². The van der Waals surface area contributed by atoms with Crippen molar-refractivity contribution in [3.63, 3.8) is 0 Å². The molecule has 1 aromatic carbocycles. The monoisotopic (exact) mass is 431 g/mol. The highest BCUT2D eigenvalue weighted by atomic mass is 79.9. The molecular weight excluding hydrogens is 406 g/mol. The van der Waals surface area contributed by atoms with E-state index in [1.54, 1.807) is 0 Å². The molecular formula is C18H27BrClN3O2. The second-order valence-corrected chi connectivity index (χ2v) is 7.36. The minimum Gasteiger partial charge on any atom is -0.356 e. The van der Waals surface area contributed by atoms with E-state index in [2.05, 4.69) is 38.8 Å². The molecule has 0 saturated carbocycles. The average Bonchev–Trinajstić information content (AvgIpc) is 2.57. The normalized spacial score (nSPS) is 17.9. The minimum absolute atomic E-state index is 0. The fourth-order valence-corrected chi connectivity index (χ4v) is 3.23. The van der Waals surface area contributed by atoms with Gasteiger partial charge in [-0.1, -0.05) is 22.9 Å². The summed E-state index contributed by atoms with van der Waals surface area (Å²) >= 11 is 3.35. The predicted molar refractivity (Wildman–Crippen MR) is 107 cm³/mol. The van der Waals surface area contributed by atoms with Crippen LogP contribution in [0.3, 0.4) is 0 Å². The molecule has 2 rings (SSSR count). The fourth-order valence-electron chi connectivity index (χ4n) is 2.97. The average molecular weight is 433 g/mol. The molecule has 1 saturated heterocycles. The maximum absolute atomic E-state index is 12.0. The van der Waals surface area contributed by atoms with Crippen molar-refractivity contribution in [3.05, 3.63) is 28.7 Å². The lowest BCUT2D eigenvalue weighted by atomic mass is 9.85. The van der Waals surface area contributed by atoms with E-state index in [1.165, 1.54) is 12.8 Å². The van der Waals surface area contributed by atoms with E-state index in [0.717, 1.165) is 23.2 Å². The summed E-state index contributed by atoms with van der Waals surface area (Å²) in [7, 11) is 0. The quantitative estimate of drug-likeness (QED) is 0.619. The van der Waals surface area contributed by atoms with E-state index < -0.39 is 0 Å². The first kappa shape index (κ1) is 21.9. The Morgan fingerprint density at radius 1 is 1.28 bits per heavy atom. The third-order valence-corrected chi connectivity index (χ3v) is 4.98. The topological polar surface area (TPSA) is 70.2 Å². The van der Waals surface area contributed by atoms with Crippen molar-refractivity contribution < 1.29 is 9.59 Å². The number of amides is 2. The molecule has 2 amide bonds. The van der Waals surface area contributed by atoms with Gasteiger partial charge in [0.15, 0.2) is 0 Å². The molecule has 0 spiro atoms. The summed E-state index contributed by atoms with van der Waals surface area (Å²) in [5.41, 5.74) is 0.757. The SMILES string of the molecule is CC(CC(=O)NCCC(=O)Nc1ccc(Br)cc1)C1CCCNC1.Cl. The first-order chi connectivity index (χ1) is 11.5. The van der Waals surface area contributed by atoms with E-state index in [-0.39, 0.29) is 30.6 Å². The second kappa shape index (κ2) is 11.5. The minimum atomic E-state index is -0.0952. The van der Waals surface area contributed by atoms with E-state index in [0.29, 0.717) is 24.8 Å². The Bertz CT molecular complexity index is 548. The van der Waals surface area contributed by atoms with Crippen molar-refractivity contribution in [3.8, 4) is 0 Å². The first-order valence-corrected chi connectivity index (χ1v) is 9.36. The molecule has 140 valence electrons. The Balaban J connectivity index is 0.00000312. The molecule has 0 aromatic heterocycles. The van der Waals surface area contributed by atoms with Crippen molar-refractivity contribution in [2.45, 2.75) is 32.6 Å². The van der Waals surface area contributed by atoms with Gasteiger partial charge < -0.3 is 16.0 Å². The van der Waals surface area contributed by atoms with Gasteiger partial charge in [-0.05, 0) is 62.0 Å². The van der Waals surface area contributed by atoms with E-state index in [4.69, 9.17) is 0 Å². The van der Waals surface area contributed by atoms with Crippen molar-refractivity contribution >= 4 is 45.8 Å². The zero-order valence-electron chi connectivity index (χ0n) is 14.5. The van der Waals surface area contributed by atoms with Gasteiger partial charge >= 0.3 is 0 Å². The van der Waals surface area contributed by atoms with Crippen LogP contribution in [0.15, 0.2) is 28.7 Å². The van der Waals surface area contributed by atoms with Gasteiger partial charge in [-0.15, -0.1) is 12.4 Å². The second-order valence-electron chi connectivity index (χ2n) is 6.44. The molecule has 1 aliphatic heterocycles. The number of carbonyl (C=O) groups excluding carboxylic acids is 2. The number of piperidine rings is 1. The van der Waals surface area contributed by atoms with Gasteiger partial charge in [0, 0.05) is 29.5 Å². The summed E-state index contributed by atoms with van der Waals surface area (Å²) in [6.45, 7) is 4.60. The molecule has 7 heteroatoms. The molecule has 1 heterocycles. The summed E-state index contributed by atoms with van der Waals surface area (Å²) in [4.78, 5) is 23.9. The van der Waals surface area contributed by atoms with E-state index >= 15 is 0 Å². The third kappa shape index (κ3) is 8.21.